The minimum Gasteiger partial charge on any atom is -0.371 e. The summed E-state index contributed by atoms with van der Waals surface area (Å²) in [5.41, 5.74) is 2.55. The summed E-state index contributed by atoms with van der Waals surface area (Å²) in [7, 11) is 0. The molecule has 0 bridgehead atoms. The molecule has 82 valence electrons. The molecule has 0 radical (unpaired) electrons. The molecule has 2 aliphatic rings. The quantitative estimate of drug-likeness (QED) is 0.758. The van der Waals surface area contributed by atoms with E-state index >= 15 is 0 Å². The molecule has 2 nitrogen and oxygen atoms in total. The first kappa shape index (κ1) is 11.2. The second kappa shape index (κ2) is 4.30. The van der Waals surface area contributed by atoms with Crippen LogP contribution in [-0.2, 0) is 11.3 Å². The van der Waals surface area contributed by atoms with Crippen molar-refractivity contribution < 1.29 is 4.74 Å². The number of rotatable bonds is 0. The van der Waals surface area contributed by atoms with Crippen molar-refractivity contribution in [3.05, 3.63) is 34.3 Å². The number of ether oxygens (including phenoxy) is 1. The molecular weight excluding hydrogens is 233 g/mol. The van der Waals surface area contributed by atoms with E-state index in [1.165, 1.54) is 11.1 Å². The van der Waals surface area contributed by atoms with Crippen molar-refractivity contribution in [2.75, 3.05) is 13.1 Å². The Labute approximate surface area is 100 Å². The van der Waals surface area contributed by atoms with Crippen molar-refractivity contribution in [3.63, 3.8) is 0 Å². The van der Waals surface area contributed by atoms with Crippen molar-refractivity contribution in [2.45, 2.75) is 18.6 Å². The van der Waals surface area contributed by atoms with Crippen LogP contribution < -0.4 is 5.32 Å². The molecule has 0 aromatic heterocycles. The van der Waals surface area contributed by atoms with Crippen molar-refractivity contribution in [1.29, 1.82) is 0 Å². The van der Waals surface area contributed by atoms with Crippen LogP contribution in [0.4, 0.5) is 0 Å². The van der Waals surface area contributed by atoms with Gasteiger partial charge in [0.05, 0.1) is 12.7 Å². The summed E-state index contributed by atoms with van der Waals surface area (Å²) >= 11 is 6.13. The van der Waals surface area contributed by atoms with E-state index in [9.17, 15) is 0 Å². The van der Waals surface area contributed by atoms with Crippen LogP contribution in [0.25, 0.3) is 0 Å². The van der Waals surface area contributed by atoms with Gasteiger partial charge in [0.2, 0.25) is 0 Å². The van der Waals surface area contributed by atoms with E-state index < -0.39 is 0 Å². The SMILES string of the molecule is Cl.Clc1cccc2c1CO[C@H]1CNC[C@@H]21. The molecule has 4 heteroatoms. The Morgan fingerprint density at radius 3 is 3.07 bits per heavy atom. The Hall–Kier alpha value is -0.280. The molecule has 3 rings (SSSR count). The summed E-state index contributed by atoms with van der Waals surface area (Å²) in [5, 5.41) is 4.20. The van der Waals surface area contributed by atoms with Crippen molar-refractivity contribution in [3.8, 4) is 0 Å². The van der Waals surface area contributed by atoms with Crippen LogP contribution in [0.5, 0.6) is 0 Å². The highest BCUT2D eigenvalue weighted by Crippen LogP contribution is 2.36. The molecule has 1 aromatic carbocycles. The van der Waals surface area contributed by atoms with E-state index in [0.717, 1.165) is 18.1 Å². The van der Waals surface area contributed by atoms with Crippen molar-refractivity contribution >= 4 is 24.0 Å². The van der Waals surface area contributed by atoms with Crippen LogP contribution in [0.2, 0.25) is 5.02 Å². The maximum absolute atomic E-state index is 6.13. The summed E-state index contributed by atoms with van der Waals surface area (Å²) in [6, 6.07) is 6.14. The molecule has 1 N–H and O–H groups in total. The van der Waals surface area contributed by atoms with Crippen molar-refractivity contribution in [2.24, 2.45) is 0 Å². The van der Waals surface area contributed by atoms with Gasteiger partial charge in [-0.15, -0.1) is 12.4 Å². The van der Waals surface area contributed by atoms with Gasteiger partial charge in [0, 0.05) is 24.0 Å². The molecule has 0 aliphatic carbocycles. The Morgan fingerprint density at radius 1 is 1.33 bits per heavy atom. The van der Waals surface area contributed by atoms with Crippen LogP contribution >= 0.6 is 24.0 Å². The molecule has 2 heterocycles. The second-order valence-corrected chi connectivity index (χ2v) is 4.33. The average molecular weight is 246 g/mol. The van der Waals surface area contributed by atoms with Gasteiger partial charge in [-0.2, -0.15) is 0 Å². The molecule has 0 unspecified atom stereocenters. The smallest absolute Gasteiger partial charge is 0.0784 e. The lowest BCUT2D eigenvalue weighted by molar-refractivity contribution is 0.0300. The summed E-state index contributed by atoms with van der Waals surface area (Å²) in [4.78, 5) is 0. The van der Waals surface area contributed by atoms with E-state index in [0.29, 0.717) is 18.6 Å². The minimum absolute atomic E-state index is 0. The lowest BCUT2D eigenvalue weighted by Gasteiger charge is -2.28. The molecule has 2 atom stereocenters. The highest BCUT2D eigenvalue weighted by atomic mass is 35.5. The number of hydrogen-bond donors (Lipinski definition) is 1. The summed E-state index contributed by atoms with van der Waals surface area (Å²) < 4.78 is 5.76. The molecule has 0 saturated carbocycles. The normalized spacial score (nSPS) is 27.8. The predicted molar refractivity (Wildman–Crippen MR) is 62.9 cm³/mol. The zero-order valence-corrected chi connectivity index (χ0v) is 9.77. The fourth-order valence-electron chi connectivity index (χ4n) is 2.41. The molecular formula is C11H13Cl2NO. The predicted octanol–water partition coefficient (Wildman–Crippen LogP) is 2.35. The van der Waals surface area contributed by atoms with Crippen LogP contribution in [0.3, 0.4) is 0 Å². The van der Waals surface area contributed by atoms with Crippen LogP contribution in [-0.4, -0.2) is 19.2 Å². The van der Waals surface area contributed by atoms with Gasteiger partial charge in [-0.1, -0.05) is 23.7 Å². The zero-order chi connectivity index (χ0) is 9.54. The Balaban J connectivity index is 0.000000853. The summed E-state index contributed by atoms with van der Waals surface area (Å²) in [5.74, 6) is 0.498. The minimum atomic E-state index is 0. The second-order valence-electron chi connectivity index (χ2n) is 3.92. The highest BCUT2D eigenvalue weighted by molar-refractivity contribution is 6.31. The number of halogens is 2. The molecule has 0 amide bonds. The fourth-order valence-corrected chi connectivity index (χ4v) is 2.64. The Bertz CT molecular complexity index is 370. The first-order chi connectivity index (χ1) is 6.86. The van der Waals surface area contributed by atoms with Gasteiger partial charge in [-0.25, -0.2) is 0 Å². The largest absolute Gasteiger partial charge is 0.371 e. The summed E-state index contributed by atoms with van der Waals surface area (Å²) in [6.45, 7) is 2.65. The number of benzene rings is 1. The molecule has 0 spiro atoms. The van der Waals surface area contributed by atoms with Gasteiger partial charge in [0.1, 0.15) is 0 Å². The molecule has 1 fully saturated rings. The topological polar surface area (TPSA) is 21.3 Å². The van der Waals surface area contributed by atoms with Gasteiger partial charge >= 0.3 is 0 Å². The summed E-state index contributed by atoms with van der Waals surface area (Å²) in [6.07, 6.45) is 0.348. The van der Waals surface area contributed by atoms with Gasteiger partial charge < -0.3 is 10.1 Å². The van der Waals surface area contributed by atoms with Gasteiger partial charge in [0.25, 0.3) is 0 Å². The lowest BCUT2D eigenvalue weighted by atomic mass is 9.90. The molecule has 1 saturated heterocycles. The highest BCUT2D eigenvalue weighted by Gasteiger charge is 2.34. The molecule has 1 aromatic rings. The van der Waals surface area contributed by atoms with Crippen molar-refractivity contribution in [1.82, 2.24) is 5.32 Å². The van der Waals surface area contributed by atoms with Gasteiger partial charge in [0.15, 0.2) is 0 Å². The van der Waals surface area contributed by atoms with E-state index in [-0.39, 0.29) is 12.4 Å². The number of hydrogen-bond acceptors (Lipinski definition) is 2. The Kier molecular flexibility index (Phi) is 3.21. The lowest BCUT2D eigenvalue weighted by Crippen LogP contribution is -2.26. The first-order valence-electron chi connectivity index (χ1n) is 4.96. The maximum Gasteiger partial charge on any atom is 0.0784 e. The fraction of sp³-hybridized carbons (Fsp3) is 0.455. The van der Waals surface area contributed by atoms with Crippen LogP contribution in [0.15, 0.2) is 18.2 Å². The monoisotopic (exact) mass is 245 g/mol. The first-order valence-corrected chi connectivity index (χ1v) is 5.33. The maximum atomic E-state index is 6.13. The third kappa shape index (κ3) is 1.76. The standard InChI is InChI=1S/C11H12ClNO.ClH/c12-10-3-1-2-7-8-4-13-5-11(8)14-6-9(7)10;/h1-3,8,11,13H,4-6H2;1H/t8-,11-;/m0./s1. The third-order valence-electron chi connectivity index (χ3n) is 3.15. The Morgan fingerprint density at radius 2 is 2.20 bits per heavy atom. The van der Waals surface area contributed by atoms with E-state index in [4.69, 9.17) is 16.3 Å². The molecule has 15 heavy (non-hydrogen) atoms. The number of fused-ring (bicyclic) bond motifs is 3. The van der Waals surface area contributed by atoms with Gasteiger partial charge in [-0.05, 0) is 17.2 Å². The van der Waals surface area contributed by atoms with Crippen LogP contribution in [0.1, 0.15) is 17.0 Å². The van der Waals surface area contributed by atoms with E-state index in [1.807, 2.05) is 12.1 Å². The molecule has 2 aliphatic heterocycles. The van der Waals surface area contributed by atoms with Gasteiger partial charge in [-0.3, -0.25) is 0 Å². The third-order valence-corrected chi connectivity index (χ3v) is 3.51. The van der Waals surface area contributed by atoms with E-state index in [2.05, 4.69) is 11.4 Å². The average Bonchev–Trinajstić information content (AvgIpc) is 2.66. The van der Waals surface area contributed by atoms with E-state index in [1.54, 1.807) is 0 Å². The number of nitrogens with one attached hydrogen (secondary N) is 1. The van der Waals surface area contributed by atoms with Crippen LogP contribution in [0, 0.1) is 0 Å². The zero-order valence-electron chi connectivity index (χ0n) is 8.20.